The molecule has 2 aromatic heterocycles. The molecular formula is C17H16N4O2. The summed E-state index contributed by atoms with van der Waals surface area (Å²) < 4.78 is 6.95. The fraction of sp³-hybridized carbons (Fsp3) is 0.118. The first kappa shape index (κ1) is 14.9. The first-order valence-electron chi connectivity index (χ1n) is 7.12. The lowest BCUT2D eigenvalue weighted by atomic mass is 10.1. The number of nitrogens with zero attached hydrogens (tertiary/aromatic N) is 3. The average Bonchev–Trinajstić information content (AvgIpc) is 3.12. The summed E-state index contributed by atoms with van der Waals surface area (Å²) in [6.45, 7) is 0. The van der Waals surface area contributed by atoms with Gasteiger partial charge in [-0.25, -0.2) is 9.67 Å². The minimum atomic E-state index is -0.665. The maximum atomic E-state index is 12.4. The number of amides is 1. The number of carbonyl (C=O) groups is 1. The molecule has 0 spiro atoms. The summed E-state index contributed by atoms with van der Waals surface area (Å²) in [6.07, 6.45) is 4.41. The van der Waals surface area contributed by atoms with E-state index in [9.17, 15) is 4.79 Å². The van der Waals surface area contributed by atoms with Crippen molar-refractivity contribution in [2.45, 2.75) is 6.10 Å². The van der Waals surface area contributed by atoms with Gasteiger partial charge in [-0.15, -0.1) is 0 Å². The van der Waals surface area contributed by atoms with Gasteiger partial charge in [0, 0.05) is 19.5 Å². The van der Waals surface area contributed by atoms with Crippen molar-refractivity contribution in [2.24, 2.45) is 0 Å². The van der Waals surface area contributed by atoms with E-state index in [1.807, 2.05) is 36.4 Å². The van der Waals surface area contributed by atoms with Crippen LogP contribution in [0.2, 0.25) is 0 Å². The van der Waals surface area contributed by atoms with Gasteiger partial charge in [0.2, 0.25) is 0 Å². The van der Waals surface area contributed by atoms with Gasteiger partial charge in [0.15, 0.2) is 11.9 Å². The van der Waals surface area contributed by atoms with E-state index in [0.29, 0.717) is 11.5 Å². The normalized spacial score (nSPS) is 11.9. The highest BCUT2D eigenvalue weighted by Crippen LogP contribution is 2.19. The minimum Gasteiger partial charge on any atom is -0.367 e. The Kier molecular flexibility index (Phi) is 4.44. The fourth-order valence-corrected chi connectivity index (χ4v) is 2.23. The average molecular weight is 308 g/mol. The van der Waals surface area contributed by atoms with Crippen LogP contribution in [0, 0.1) is 0 Å². The first-order chi connectivity index (χ1) is 11.3. The Bertz CT molecular complexity index is 755. The second-order valence-electron chi connectivity index (χ2n) is 4.87. The Balaban J connectivity index is 1.72. The van der Waals surface area contributed by atoms with E-state index in [2.05, 4.69) is 15.4 Å². The topological polar surface area (TPSA) is 69.0 Å². The van der Waals surface area contributed by atoms with Crippen LogP contribution < -0.4 is 5.32 Å². The van der Waals surface area contributed by atoms with Crippen molar-refractivity contribution in [3.63, 3.8) is 0 Å². The molecule has 0 bridgehead atoms. The lowest BCUT2D eigenvalue weighted by molar-refractivity contribution is -0.126. The third-order valence-electron chi connectivity index (χ3n) is 3.33. The quantitative estimate of drug-likeness (QED) is 0.786. The van der Waals surface area contributed by atoms with Crippen LogP contribution in [0.1, 0.15) is 11.7 Å². The van der Waals surface area contributed by atoms with Gasteiger partial charge in [0.1, 0.15) is 0 Å². The summed E-state index contributed by atoms with van der Waals surface area (Å²) in [7, 11) is 1.51. The molecule has 1 amide bonds. The molecule has 23 heavy (non-hydrogen) atoms. The van der Waals surface area contributed by atoms with Crippen LogP contribution in [-0.2, 0) is 9.53 Å². The van der Waals surface area contributed by atoms with E-state index in [4.69, 9.17) is 4.74 Å². The predicted octanol–water partition coefficient (Wildman–Crippen LogP) is 2.59. The van der Waals surface area contributed by atoms with E-state index in [1.165, 1.54) is 7.11 Å². The third kappa shape index (κ3) is 3.44. The Morgan fingerprint density at radius 2 is 2.00 bits per heavy atom. The minimum absolute atomic E-state index is 0.243. The van der Waals surface area contributed by atoms with Gasteiger partial charge in [-0.1, -0.05) is 30.3 Å². The van der Waals surface area contributed by atoms with Crippen LogP contribution in [0.3, 0.4) is 0 Å². The predicted molar refractivity (Wildman–Crippen MR) is 86.2 cm³/mol. The van der Waals surface area contributed by atoms with Gasteiger partial charge in [-0.3, -0.25) is 4.79 Å². The van der Waals surface area contributed by atoms with Crippen molar-refractivity contribution in [3.8, 4) is 5.82 Å². The summed E-state index contributed by atoms with van der Waals surface area (Å²) in [6, 6.07) is 14.7. The highest BCUT2D eigenvalue weighted by Gasteiger charge is 2.19. The van der Waals surface area contributed by atoms with Gasteiger partial charge < -0.3 is 10.1 Å². The Labute approximate surface area is 133 Å². The number of hydrogen-bond acceptors (Lipinski definition) is 4. The third-order valence-corrected chi connectivity index (χ3v) is 3.33. The van der Waals surface area contributed by atoms with Crippen LogP contribution in [0.4, 0.5) is 5.69 Å². The second-order valence-corrected chi connectivity index (χ2v) is 4.87. The van der Waals surface area contributed by atoms with Crippen molar-refractivity contribution in [1.29, 1.82) is 0 Å². The van der Waals surface area contributed by atoms with E-state index in [1.54, 1.807) is 35.4 Å². The molecule has 1 aromatic carbocycles. The molecule has 0 aliphatic carbocycles. The highest BCUT2D eigenvalue weighted by molar-refractivity contribution is 5.94. The number of hydrogen-bond donors (Lipinski definition) is 1. The van der Waals surface area contributed by atoms with Crippen LogP contribution in [0.5, 0.6) is 0 Å². The van der Waals surface area contributed by atoms with Crippen molar-refractivity contribution < 1.29 is 9.53 Å². The van der Waals surface area contributed by atoms with Crippen molar-refractivity contribution in [1.82, 2.24) is 14.8 Å². The molecule has 0 unspecified atom stereocenters. The van der Waals surface area contributed by atoms with Crippen LogP contribution in [0.25, 0.3) is 5.82 Å². The largest absolute Gasteiger partial charge is 0.367 e. The highest BCUT2D eigenvalue weighted by atomic mass is 16.5. The van der Waals surface area contributed by atoms with Gasteiger partial charge in [-0.2, -0.15) is 5.10 Å². The van der Waals surface area contributed by atoms with Crippen LogP contribution in [-0.4, -0.2) is 27.8 Å². The molecule has 3 rings (SSSR count). The maximum Gasteiger partial charge on any atom is 0.258 e. The molecule has 0 fully saturated rings. The molecule has 0 aliphatic heterocycles. The molecule has 6 nitrogen and oxygen atoms in total. The molecule has 1 N–H and O–H groups in total. The van der Waals surface area contributed by atoms with Crippen molar-refractivity contribution in [2.75, 3.05) is 12.4 Å². The van der Waals surface area contributed by atoms with Gasteiger partial charge >= 0.3 is 0 Å². The second kappa shape index (κ2) is 6.85. The Morgan fingerprint density at radius 3 is 2.61 bits per heavy atom. The monoisotopic (exact) mass is 308 g/mol. The zero-order valence-electron chi connectivity index (χ0n) is 12.6. The number of rotatable bonds is 5. The SMILES string of the molecule is CO[C@@H](C(=O)Nc1ccc(-n2cccn2)nc1)c1ccccc1. The summed E-state index contributed by atoms with van der Waals surface area (Å²) in [5.41, 5.74) is 1.40. The Morgan fingerprint density at radius 1 is 1.17 bits per heavy atom. The van der Waals surface area contributed by atoms with Crippen molar-refractivity contribution in [3.05, 3.63) is 72.7 Å². The number of aromatic nitrogens is 3. The number of ether oxygens (including phenoxy) is 1. The van der Waals surface area contributed by atoms with E-state index in [-0.39, 0.29) is 5.91 Å². The number of nitrogens with one attached hydrogen (secondary N) is 1. The smallest absolute Gasteiger partial charge is 0.258 e. The summed E-state index contributed by atoms with van der Waals surface area (Å²) in [4.78, 5) is 16.7. The maximum absolute atomic E-state index is 12.4. The van der Waals surface area contributed by atoms with E-state index < -0.39 is 6.10 Å². The van der Waals surface area contributed by atoms with Gasteiger partial charge in [0.05, 0.1) is 11.9 Å². The van der Waals surface area contributed by atoms with Gasteiger partial charge in [-0.05, 0) is 23.8 Å². The summed E-state index contributed by atoms with van der Waals surface area (Å²) in [5.74, 6) is 0.437. The van der Waals surface area contributed by atoms with E-state index >= 15 is 0 Å². The fourth-order valence-electron chi connectivity index (χ4n) is 2.23. The first-order valence-corrected chi connectivity index (χ1v) is 7.12. The van der Waals surface area contributed by atoms with Crippen LogP contribution in [0.15, 0.2) is 67.1 Å². The summed E-state index contributed by atoms with van der Waals surface area (Å²) >= 11 is 0. The number of benzene rings is 1. The van der Waals surface area contributed by atoms with Gasteiger partial charge in [0.25, 0.3) is 5.91 Å². The van der Waals surface area contributed by atoms with Crippen molar-refractivity contribution >= 4 is 11.6 Å². The molecular weight excluding hydrogens is 292 g/mol. The molecule has 2 heterocycles. The molecule has 1 atom stereocenters. The lowest BCUT2D eigenvalue weighted by Gasteiger charge is -2.15. The number of pyridine rings is 1. The number of methoxy groups -OCH3 is 1. The molecule has 0 saturated carbocycles. The zero-order valence-corrected chi connectivity index (χ0v) is 12.6. The lowest BCUT2D eigenvalue weighted by Crippen LogP contribution is -2.22. The molecule has 6 heteroatoms. The zero-order chi connectivity index (χ0) is 16.1. The molecule has 0 saturated heterocycles. The standard InChI is InChI=1S/C17H16N4O2/c1-23-16(13-6-3-2-4-7-13)17(22)20-14-8-9-15(18-12-14)21-11-5-10-19-21/h2-12,16H,1H3,(H,20,22)/t16-/m1/s1. The van der Waals surface area contributed by atoms with Crippen LogP contribution >= 0.6 is 0 Å². The molecule has 116 valence electrons. The molecule has 0 radical (unpaired) electrons. The number of carbonyl (C=O) groups excluding carboxylic acids is 1. The summed E-state index contributed by atoms with van der Waals surface area (Å²) in [5, 5.41) is 6.91. The molecule has 0 aliphatic rings. The Hall–Kier alpha value is -2.99. The molecule has 3 aromatic rings. The van der Waals surface area contributed by atoms with E-state index in [0.717, 1.165) is 5.56 Å². The number of anilines is 1.